The second kappa shape index (κ2) is 8.89. The van der Waals surface area contributed by atoms with Gasteiger partial charge in [-0.3, -0.25) is 9.59 Å². The zero-order chi connectivity index (χ0) is 21.8. The van der Waals surface area contributed by atoms with Crippen LogP contribution in [0.2, 0.25) is 0 Å². The van der Waals surface area contributed by atoms with E-state index in [0.717, 1.165) is 0 Å². The van der Waals surface area contributed by atoms with Crippen molar-refractivity contribution in [2.24, 2.45) is 0 Å². The Morgan fingerprint density at radius 1 is 1.17 bits per heavy atom. The number of nitrogens with zero attached hydrogens (tertiary/aromatic N) is 3. The highest BCUT2D eigenvalue weighted by atomic mass is 19.3. The monoisotopic (exact) mass is 417 g/mol. The van der Waals surface area contributed by atoms with Gasteiger partial charge in [0.2, 0.25) is 0 Å². The lowest BCUT2D eigenvalue weighted by Crippen LogP contribution is -2.31. The minimum Gasteiger partial charge on any atom is -0.493 e. The number of hydrogen-bond donors (Lipinski definition) is 0. The van der Waals surface area contributed by atoms with Crippen LogP contribution < -0.4 is 15.0 Å². The van der Waals surface area contributed by atoms with Crippen LogP contribution in [0.1, 0.15) is 23.0 Å². The molecule has 30 heavy (non-hydrogen) atoms. The van der Waals surface area contributed by atoms with E-state index >= 15 is 0 Å². The molecule has 0 aliphatic heterocycles. The standard InChI is InChI=1S/C21H21F2N3O4/c1-4-26-19(27)15-8-6-5-7-14(15)18(24-26)20(28)25(2)12-13-9-10-16(30-21(22)23)17(11-13)29-3/h5-11,21H,4,12H2,1-3H3. The summed E-state index contributed by atoms with van der Waals surface area (Å²) in [5.74, 6) is -0.329. The molecular formula is C21H21F2N3O4. The van der Waals surface area contributed by atoms with Crippen LogP contribution in [0.5, 0.6) is 11.5 Å². The molecule has 0 atom stereocenters. The number of rotatable bonds is 7. The first-order chi connectivity index (χ1) is 14.3. The average molecular weight is 417 g/mol. The third-order valence-electron chi connectivity index (χ3n) is 4.58. The van der Waals surface area contributed by atoms with E-state index in [1.54, 1.807) is 44.3 Å². The fraction of sp³-hybridized carbons (Fsp3) is 0.286. The number of carbonyl (C=O) groups excluding carboxylic acids is 1. The Kier molecular flexibility index (Phi) is 6.29. The van der Waals surface area contributed by atoms with Crippen LogP contribution in [0.15, 0.2) is 47.3 Å². The number of fused-ring (bicyclic) bond motifs is 1. The predicted octanol–water partition coefficient (Wildman–Crippen LogP) is 3.30. The summed E-state index contributed by atoms with van der Waals surface area (Å²) >= 11 is 0. The predicted molar refractivity (Wildman–Crippen MR) is 107 cm³/mol. The van der Waals surface area contributed by atoms with E-state index in [9.17, 15) is 18.4 Å². The summed E-state index contributed by atoms with van der Waals surface area (Å²) in [4.78, 5) is 27.0. The molecule has 7 nitrogen and oxygen atoms in total. The molecule has 0 aliphatic rings. The minimum absolute atomic E-state index is 0.0899. The van der Waals surface area contributed by atoms with Crippen molar-refractivity contribution in [3.05, 3.63) is 64.1 Å². The molecule has 2 aromatic carbocycles. The first-order valence-corrected chi connectivity index (χ1v) is 9.22. The van der Waals surface area contributed by atoms with Crippen LogP contribution in [0.3, 0.4) is 0 Å². The molecule has 0 bridgehead atoms. The molecule has 0 radical (unpaired) electrons. The van der Waals surface area contributed by atoms with Gasteiger partial charge in [-0.05, 0) is 30.7 Å². The summed E-state index contributed by atoms with van der Waals surface area (Å²) in [6.45, 7) is -0.694. The molecule has 0 aliphatic carbocycles. The molecule has 0 saturated heterocycles. The molecule has 0 unspecified atom stereocenters. The molecule has 0 fully saturated rings. The topological polar surface area (TPSA) is 73.7 Å². The van der Waals surface area contributed by atoms with Gasteiger partial charge < -0.3 is 14.4 Å². The Bertz CT molecular complexity index is 1130. The zero-order valence-electron chi connectivity index (χ0n) is 16.8. The Morgan fingerprint density at radius 2 is 1.87 bits per heavy atom. The second-order valence-corrected chi connectivity index (χ2v) is 6.54. The Hall–Kier alpha value is -3.49. The van der Waals surface area contributed by atoms with Crippen molar-refractivity contribution >= 4 is 16.7 Å². The van der Waals surface area contributed by atoms with Crippen molar-refractivity contribution in [3.8, 4) is 11.5 Å². The SMILES string of the molecule is CCn1nc(C(=O)N(C)Cc2ccc(OC(F)F)c(OC)c2)c2ccccc2c1=O. The quantitative estimate of drug-likeness (QED) is 0.590. The van der Waals surface area contributed by atoms with Crippen molar-refractivity contribution in [3.63, 3.8) is 0 Å². The average Bonchev–Trinajstić information content (AvgIpc) is 2.74. The third-order valence-corrected chi connectivity index (χ3v) is 4.58. The lowest BCUT2D eigenvalue weighted by atomic mass is 10.1. The molecule has 0 N–H and O–H groups in total. The van der Waals surface area contributed by atoms with Crippen LogP contribution in [-0.2, 0) is 13.1 Å². The number of alkyl halides is 2. The zero-order valence-corrected chi connectivity index (χ0v) is 16.8. The number of aryl methyl sites for hydroxylation is 1. The van der Waals surface area contributed by atoms with Gasteiger partial charge in [-0.2, -0.15) is 13.9 Å². The molecule has 3 aromatic rings. The van der Waals surface area contributed by atoms with Gasteiger partial charge in [0.05, 0.1) is 12.5 Å². The molecule has 0 spiro atoms. The van der Waals surface area contributed by atoms with E-state index in [1.807, 2.05) is 0 Å². The van der Waals surface area contributed by atoms with Crippen LogP contribution in [0, 0.1) is 0 Å². The molecule has 158 valence electrons. The summed E-state index contributed by atoms with van der Waals surface area (Å²) in [6.07, 6.45) is 0. The smallest absolute Gasteiger partial charge is 0.387 e. The molecular weight excluding hydrogens is 396 g/mol. The summed E-state index contributed by atoms with van der Waals surface area (Å²) in [6, 6.07) is 11.3. The summed E-state index contributed by atoms with van der Waals surface area (Å²) in [7, 11) is 2.94. The lowest BCUT2D eigenvalue weighted by Gasteiger charge is -2.19. The summed E-state index contributed by atoms with van der Waals surface area (Å²) in [5, 5.41) is 5.14. The largest absolute Gasteiger partial charge is 0.493 e. The van der Waals surface area contributed by atoms with E-state index in [-0.39, 0.29) is 35.2 Å². The summed E-state index contributed by atoms with van der Waals surface area (Å²) in [5.41, 5.74) is 0.559. The van der Waals surface area contributed by atoms with Crippen LogP contribution in [-0.4, -0.2) is 41.4 Å². The Balaban J connectivity index is 1.92. The molecule has 1 amide bonds. The molecule has 0 saturated carbocycles. The maximum absolute atomic E-state index is 13.1. The van der Waals surface area contributed by atoms with E-state index in [4.69, 9.17) is 4.74 Å². The minimum atomic E-state index is -2.97. The number of hydrogen-bond acceptors (Lipinski definition) is 5. The van der Waals surface area contributed by atoms with E-state index in [0.29, 0.717) is 22.9 Å². The fourth-order valence-electron chi connectivity index (χ4n) is 3.14. The highest BCUT2D eigenvalue weighted by molar-refractivity contribution is 6.04. The van der Waals surface area contributed by atoms with Crippen molar-refractivity contribution < 1.29 is 23.0 Å². The fourth-order valence-corrected chi connectivity index (χ4v) is 3.14. The number of ether oxygens (including phenoxy) is 2. The van der Waals surface area contributed by atoms with Crippen LogP contribution in [0.25, 0.3) is 10.8 Å². The van der Waals surface area contributed by atoms with Gasteiger partial charge in [-0.25, -0.2) is 4.68 Å². The second-order valence-electron chi connectivity index (χ2n) is 6.54. The molecule has 1 heterocycles. The highest BCUT2D eigenvalue weighted by Crippen LogP contribution is 2.30. The van der Waals surface area contributed by atoms with Crippen molar-refractivity contribution in [2.45, 2.75) is 26.6 Å². The first-order valence-electron chi connectivity index (χ1n) is 9.22. The highest BCUT2D eigenvalue weighted by Gasteiger charge is 2.20. The van der Waals surface area contributed by atoms with E-state index in [1.165, 1.54) is 28.8 Å². The normalized spacial score (nSPS) is 11.0. The van der Waals surface area contributed by atoms with Crippen LogP contribution >= 0.6 is 0 Å². The number of aromatic nitrogens is 2. The maximum Gasteiger partial charge on any atom is 0.387 e. The number of amides is 1. The van der Waals surface area contributed by atoms with Gasteiger partial charge in [-0.15, -0.1) is 0 Å². The molecule has 3 rings (SSSR count). The van der Waals surface area contributed by atoms with Gasteiger partial charge in [0.25, 0.3) is 11.5 Å². The Labute approximate surface area is 171 Å². The van der Waals surface area contributed by atoms with E-state index in [2.05, 4.69) is 9.84 Å². The Morgan fingerprint density at radius 3 is 2.50 bits per heavy atom. The number of methoxy groups -OCH3 is 1. The number of carbonyl (C=O) groups is 1. The van der Waals surface area contributed by atoms with Gasteiger partial charge >= 0.3 is 6.61 Å². The van der Waals surface area contributed by atoms with Crippen molar-refractivity contribution in [1.82, 2.24) is 14.7 Å². The van der Waals surface area contributed by atoms with Gasteiger partial charge in [0, 0.05) is 25.5 Å². The summed E-state index contributed by atoms with van der Waals surface area (Å²) < 4.78 is 35.8. The lowest BCUT2D eigenvalue weighted by molar-refractivity contribution is -0.0512. The van der Waals surface area contributed by atoms with Gasteiger partial charge in [0.15, 0.2) is 17.2 Å². The van der Waals surface area contributed by atoms with Crippen molar-refractivity contribution in [2.75, 3.05) is 14.2 Å². The first kappa shape index (κ1) is 21.2. The molecule has 1 aromatic heterocycles. The van der Waals surface area contributed by atoms with E-state index < -0.39 is 6.61 Å². The van der Waals surface area contributed by atoms with Crippen molar-refractivity contribution in [1.29, 1.82) is 0 Å². The number of benzene rings is 2. The van der Waals surface area contributed by atoms with Gasteiger partial charge in [-0.1, -0.05) is 24.3 Å². The van der Waals surface area contributed by atoms with Crippen LogP contribution in [0.4, 0.5) is 8.78 Å². The third kappa shape index (κ3) is 4.24. The number of halogens is 2. The maximum atomic E-state index is 13.1. The molecule has 9 heteroatoms. The van der Waals surface area contributed by atoms with Gasteiger partial charge in [0.1, 0.15) is 0 Å².